The summed E-state index contributed by atoms with van der Waals surface area (Å²) >= 11 is 0. The van der Waals surface area contributed by atoms with Gasteiger partial charge in [0, 0.05) is 11.1 Å². The van der Waals surface area contributed by atoms with Crippen molar-refractivity contribution in [2.24, 2.45) is 0 Å². The fourth-order valence-electron chi connectivity index (χ4n) is 1.57. The van der Waals surface area contributed by atoms with Crippen molar-refractivity contribution in [1.82, 2.24) is 5.32 Å². The second-order valence-corrected chi connectivity index (χ2v) is 4.06. The van der Waals surface area contributed by atoms with Crippen LogP contribution in [0.2, 0.25) is 0 Å². The zero-order chi connectivity index (χ0) is 13.0. The van der Waals surface area contributed by atoms with Crippen molar-refractivity contribution in [3.05, 3.63) is 71.3 Å². The van der Waals surface area contributed by atoms with Crippen molar-refractivity contribution in [3.8, 4) is 0 Å². The molecule has 0 atom stereocenters. The molecule has 2 N–H and O–H groups in total. The molecule has 18 heavy (non-hydrogen) atoms. The third-order valence-electron chi connectivity index (χ3n) is 2.61. The van der Waals surface area contributed by atoms with Gasteiger partial charge in [0.2, 0.25) is 0 Å². The molecule has 0 saturated heterocycles. The predicted molar refractivity (Wildman–Crippen MR) is 71.9 cm³/mol. The Morgan fingerprint density at radius 2 is 1.56 bits per heavy atom. The summed E-state index contributed by atoms with van der Waals surface area (Å²) in [6.45, 7) is 1.98. The minimum absolute atomic E-state index is 0.115. The van der Waals surface area contributed by atoms with E-state index in [2.05, 4.69) is 5.32 Å². The number of amidine groups is 1. The van der Waals surface area contributed by atoms with E-state index in [1.807, 2.05) is 37.3 Å². The first-order valence-electron chi connectivity index (χ1n) is 5.69. The molecule has 3 heteroatoms. The van der Waals surface area contributed by atoms with Crippen LogP contribution in [0.4, 0.5) is 0 Å². The van der Waals surface area contributed by atoms with Gasteiger partial charge in [-0.3, -0.25) is 10.2 Å². The number of nitrogens with one attached hydrogen (secondary N) is 2. The van der Waals surface area contributed by atoms with Gasteiger partial charge in [0.25, 0.3) is 5.91 Å². The van der Waals surface area contributed by atoms with Crippen LogP contribution in [0.15, 0.2) is 54.6 Å². The summed E-state index contributed by atoms with van der Waals surface area (Å²) in [6.07, 6.45) is 0. The number of carbonyl (C=O) groups excluding carboxylic acids is 1. The molecule has 0 radical (unpaired) electrons. The lowest BCUT2D eigenvalue weighted by Crippen LogP contribution is -2.30. The second kappa shape index (κ2) is 5.27. The molecule has 0 aliphatic carbocycles. The molecule has 90 valence electrons. The minimum atomic E-state index is -0.263. The van der Waals surface area contributed by atoms with Crippen LogP contribution >= 0.6 is 0 Å². The first-order valence-corrected chi connectivity index (χ1v) is 5.69. The van der Waals surface area contributed by atoms with Gasteiger partial charge in [-0.05, 0) is 19.1 Å². The lowest BCUT2D eigenvalue weighted by molar-refractivity contribution is 0.0977. The number of amides is 1. The largest absolute Gasteiger partial charge is 0.307 e. The van der Waals surface area contributed by atoms with Gasteiger partial charge in [0.1, 0.15) is 5.84 Å². The van der Waals surface area contributed by atoms with Gasteiger partial charge >= 0.3 is 0 Å². The van der Waals surface area contributed by atoms with E-state index in [1.54, 1.807) is 24.3 Å². The molecule has 3 nitrogen and oxygen atoms in total. The van der Waals surface area contributed by atoms with Crippen molar-refractivity contribution in [2.75, 3.05) is 0 Å². The molecule has 2 rings (SSSR count). The van der Waals surface area contributed by atoms with Crippen LogP contribution in [0.5, 0.6) is 0 Å². The van der Waals surface area contributed by atoms with E-state index in [-0.39, 0.29) is 11.7 Å². The first-order chi connectivity index (χ1) is 8.66. The molecule has 0 saturated carbocycles. The maximum Gasteiger partial charge on any atom is 0.256 e. The number of benzene rings is 2. The predicted octanol–water partition coefficient (Wildman–Crippen LogP) is 2.75. The monoisotopic (exact) mass is 238 g/mol. The fraction of sp³-hybridized carbons (Fsp3) is 0.0667. The summed E-state index contributed by atoms with van der Waals surface area (Å²) in [5, 5.41) is 10.4. The van der Waals surface area contributed by atoms with E-state index in [4.69, 9.17) is 5.41 Å². The SMILES string of the molecule is Cc1ccc(C(=N)NC(=O)c2ccccc2)cc1. The van der Waals surface area contributed by atoms with Gasteiger partial charge in [0.05, 0.1) is 0 Å². The molecule has 0 spiro atoms. The van der Waals surface area contributed by atoms with E-state index in [0.717, 1.165) is 5.56 Å². The zero-order valence-electron chi connectivity index (χ0n) is 10.1. The topological polar surface area (TPSA) is 53.0 Å². The van der Waals surface area contributed by atoms with Crippen LogP contribution in [-0.2, 0) is 0 Å². The van der Waals surface area contributed by atoms with Crippen molar-refractivity contribution in [3.63, 3.8) is 0 Å². The average molecular weight is 238 g/mol. The molecular formula is C15H14N2O. The molecule has 1 amide bonds. The van der Waals surface area contributed by atoms with Gasteiger partial charge in [-0.15, -0.1) is 0 Å². The second-order valence-electron chi connectivity index (χ2n) is 4.06. The van der Waals surface area contributed by atoms with E-state index in [1.165, 1.54) is 0 Å². The fourth-order valence-corrected chi connectivity index (χ4v) is 1.57. The number of hydrogen-bond donors (Lipinski definition) is 2. The Balaban J connectivity index is 2.08. The molecule has 2 aromatic carbocycles. The lowest BCUT2D eigenvalue weighted by Gasteiger charge is -2.07. The van der Waals surface area contributed by atoms with Crippen molar-refractivity contribution in [2.45, 2.75) is 6.92 Å². The maximum absolute atomic E-state index is 11.8. The average Bonchev–Trinajstić information content (AvgIpc) is 2.40. The van der Waals surface area contributed by atoms with Crippen LogP contribution in [0.1, 0.15) is 21.5 Å². The number of aryl methyl sites for hydroxylation is 1. The van der Waals surface area contributed by atoms with Crippen LogP contribution < -0.4 is 5.32 Å². The van der Waals surface area contributed by atoms with Gasteiger partial charge < -0.3 is 5.32 Å². The maximum atomic E-state index is 11.8. The zero-order valence-corrected chi connectivity index (χ0v) is 10.1. The molecule has 0 bridgehead atoms. The normalized spacial score (nSPS) is 9.83. The van der Waals surface area contributed by atoms with E-state index < -0.39 is 0 Å². The van der Waals surface area contributed by atoms with Crippen LogP contribution in [0.25, 0.3) is 0 Å². The lowest BCUT2D eigenvalue weighted by atomic mass is 10.1. The molecule has 0 heterocycles. The number of hydrogen-bond acceptors (Lipinski definition) is 2. The van der Waals surface area contributed by atoms with E-state index in [9.17, 15) is 4.79 Å². The Morgan fingerprint density at radius 1 is 0.944 bits per heavy atom. The molecule has 0 unspecified atom stereocenters. The highest BCUT2D eigenvalue weighted by atomic mass is 16.1. The van der Waals surface area contributed by atoms with Gasteiger partial charge in [0.15, 0.2) is 0 Å². The highest BCUT2D eigenvalue weighted by Crippen LogP contribution is 2.04. The van der Waals surface area contributed by atoms with Gasteiger partial charge in [-0.2, -0.15) is 0 Å². The highest BCUT2D eigenvalue weighted by molar-refractivity contribution is 6.11. The van der Waals surface area contributed by atoms with Gasteiger partial charge in [-0.1, -0.05) is 48.0 Å². The summed E-state index contributed by atoms with van der Waals surface area (Å²) in [7, 11) is 0. The first kappa shape index (κ1) is 12.0. The van der Waals surface area contributed by atoms with E-state index >= 15 is 0 Å². The number of carbonyl (C=O) groups is 1. The van der Waals surface area contributed by atoms with Gasteiger partial charge in [-0.25, -0.2) is 0 Å². The third-order valence-corrected chi connectivity index (χ3v) is 2.61. The Bertz CT molecular complexity index is 559. The summed E-state index contributed by atoms with van der Waals surface area (Å²) in [5.41, 5.74) is 2.38. The van der Waals surface area contributed by atoms with Crippen molar-refractivity contribution < 1.29 is 4.79 Å². The van der Waals surface area contributed by atoms with Crippen molar-refractivity contribution in [1.29, 1.82) is 5.41 Å². The Hall–Kier alpha value is -2.42. The summed E-state index contributed by atoms with van der Waals surface area (Å²) in [5.74, 6) is -0.148. The van der Waals surface area contributed by atoms with Crippen LogP contribution in [0, 0.1) is 12.3 Å². The number of rotatable bonds is 2. The standard InChI is InChI=1S/C15H14N2O/c1-11-7-9-12(10-8-11)14(16)17-15(18)13-5-3-2-4-6-13/h2-10H,1H3,(H2,16,17,18). The molecule has 0 aromatic heterocycles. The molecular weight excluding hydrogens is 224 g/mol. The molecule has 2 aromatic rings. The summed E-state index contributed by atoms with van der Waals surface area (Å²) < 4.78 is 0. The smallest absolute Gasteiger partial charge is 0.256 e. The molecule has 0 aliphatic heterocycles. The summed E-state index contributed by atoms with van der Waals surface area (Å²) in [6, 6.07) is 16.4. The Labute approximate surface area is 106 Å². The quantitative estimate of drug-likeness (QED) is 0.613. The Kier molecular flexibility index (Phi) is 3.53. The summed E-state index contributed by atoms with van der Waals surface area (Å²) in [4.78, 5) is 11.8. The highest BCUT2D eigenvalue weighted by Gasteiger charge is 2.08. The van der Waals surface area contributed by atoms with Crippen LogP contribution in [-0.4, -0.2) is 11.7 Å². The molecule has 0 fully saturated rings. The Morgan fingerprint density at radius 3 is 2.17 bits per heavy atom. The van der Waals surface area contributed by atoms with Crippen LogP contribution in [0.3, 0.4) is 0 Å². The van der Waals surface area contributed by atoms with E-state index in [0.29, 0.717) is 11.1 Å². The van der Waals surface area contributed by atoms with Crippen molar-refractivity contribution >= 4 is 11.7 Å². The third kappa shape index (κ3) is 2.83. The minimum Gasteiger partial charge on any atom is -0.307 e. The molecule has 0 aliphatic rings.